The molecular weight excluding hydrogens is 242 g/mol. The molecule has 0 spiro atoms. The first kappa shape index (κ1) is 15.2. The second-order valence-electron chi connectivity index (χ2n) is 6.99. The summed E-state index contributed by atoms with van der Waals surface area (Å²) in [5.74, 6) is 0.649. The summed E-state index contributed by atoms with van der Waals surface area (Å²) in [6.07, 6.45) is 3.33. The zero-order valence-corrected chi connectivity index (χ0v) is 12.6. The lowest BCUT2D eigenvalue weighted by Gasteiger charge is -2.28. The molecule has 0 aromatic heterocycles. The molecule has 0 amide bonds. The van der Waals surface area contributed by atoms with Gasteiger partial charge >= 0.3 is 0 Å². The molecule has 1 saturated carbocycles. The van der Waals surface area contributed by atoms with Crippen LogP contribution in [0.2, 0.25) is 0 Å². The topological polar surface area (TPSA) is 41.9 Å². The first-order chi connectivity index (χ1) is 8.94. The van der Waals surface area contributed by atoms with Gasteiger partial charge in [-0.15, -0.1) is 0 Å². The highest BCUT2D eigenvalue weighted by molar-refractivity contribution is 4.87. The van der Waals surface area contributed by atoms with E-state index in [1.807, 2.05) is 20.8 Å². The van der Waals surface area contributed by atoms with Crippen molar-refractivity contribution in [3.63, 3.8) is 0 Å². The van der Waals surface area contributed by atoms with Crippen LogP contribution >= 0.6 is 0 Å². The Morgan fingerprint density at radius 3 is 2.58 bits per heavy atom. The van der Waals surface area contributed by atoms with Crippen molar-refractivity contribution in [2.24, 2.45) is 5.92 Å². The lowest BCUT2D eigenvalue weighted by atomic mass is 10.1. The maximum Gasteiger partial charge on any atom is 0.0900 e. The van der Waals surface area contributed by atoms with Gasteiger partial charge in [0.05, 0.1) is 24.9 Å². The van der Waals surface area contributed by atoms with E-state index in [1.165, 1.54) is 12.8 Å². The van der Waals surface area contributed by atoms with Crippen molar-refractivity contribution in [3.8, 4) is 0 Å². The molecule has 4 nitrogen and oxygen atoms in total. The molecule has 0 bridgehead atoms. The largest absolute Gasteiger partial charge is 0.389 e. The average Bonchev–Trinajstić information content (AvgIpc) is 3.04. The Hall–Kier alpha value is -0.160. The van der Waals surface area contributed by atoms with Crippen LogP contribution in [0.1, 0.15) is 40.0 Å². The first-order valence-electron chi connectivity index (χ1n) is 7.58. The maximum absolute atomic E-state index is 10.1. The van der Waals surface area contributed by atoms with E-state index in [1.54, 1.807) is 0 Å². The number of rotatable bonds is 7. The Morgan fingerprint density at radius 2 is 2.05 bits per heavy atom. The van der Waals surface area contributed by atoms with Gasteiger partial charge in [-0.1, -0.05) is 0 Å². The molecule has 2 fully saturated rings. The number of hydrogen-bond acceptors (Lipinski definition) is 4. The molecule has 1 aliphatic carbocycles. The molecule has 112 valence electrons. The van der Waals surface area contributed by atoms with Crippen LogP contribution in [0.3, 0.4) is 0 Å². The molecule has 19 heavy (non-hydrogen) atoms. The van der Waals surface area contributed by atoms with Gasteiger partial charge in [-0.05, 0) is 46.0 Å². The van der Waals surface area contributed by atoms with Crippen LogP contribution in [0, 0.1) is 5.92 Å². The predicted molar refractivity (Wildman–Crippen MR) is 75.2 cm³/mol. The summed E-state index contributed by atoms with van der Waals surface area (Å²) in [5, 5.41) is 10.1. The maximum atomic E-state index is 10.1. The molecule has 1 N–H and O–H groups in total. The van der Waals surface area contributed by atoms with E-state index in [-0.39, 0.29) is 11.7 Å². The monoisotopic (exact) mass is 271 g/mol. The molecule has 2 aliphatic rings. The van der Waals surface area contributed by atoms with Gasteiger partial charge in [-0.3, -0.25) is 4.90 Å². The van der Waals surface area contributed by atoms with Gasteiger partial charge in [0, 0.05) is 25.7 Å². The number of nitrogens with zero attached hydrogens (tertiary/aromatic N) is 1. The highest BCUT2D eigenvalue weighted by Gasteiger charge is 2.32. The van der Waals surface area contributed by atoms with Crippen molar-refractivity contribution >= 4 is 0 Å². The van der Waals surface area contributed by atoms with Gasteiger partial charge in [0.1, 0.15) is 0 Å². The highest BCUT2D eigenvalue weighted by Crippen LogP contribution is 2.29. The number of ether oxygens (including phenoxy) is 2. The third-order valence-electron chi connectivity index (χ3n) is 3.73. The lowest BCUT2D eigenvalue weighted by molar-refractivity contribution is -0.0575. The molecule has 0 aromatic rings. The zero-order valence-electron chi connectivity index (χ0n) is 12.6. The number of aliphatic hydroxyl groups is 1. The second kappa shape index (κ2) is 6.53. The fourth-order valence-electron chi connectivity index (χ4n) is 2.54. The van der Waals surface area contributed by atoms with E-state index in [9.17, 15) is 5.11 Å². The summed E-state index contributed by atoms with van der Waals surface area (Å²) in [5.41, 5.74) is -0.176. The van der Waals surface area contributed by atoms with E-state index < -0.39 is 0 Å². The van der Waals surface area contributed by atoms with Crippen molar-refractivity contribution in [1.82, 2.24) is 4.90 Å². The predicted octanol–water partition coefficient (Wildman–Crippen LogP) is 1.66. The van der Waals surface area contributed by atoms with Gasteiger partial charge < -0.3 is 14.6 Å². The Bertz CT molecular complexity index is 267. The number of hydrogen-bond donors (Lipinski definition) is 1. The third-order valence-corrected chi connectivity index (χ3v) is 3.73. The second-order valence-corrected chi connectivity index (χ2v) is 6.99. The zero-order chi connectivity index (χ0) is 13.9. The molecule has 1 aliphatic heterocycles. The molecule has 2 unspecified atom stereocenters. The Morgan fingerprint density at radius 1 is 1.32 bits per heavy atom. The van der Waals surface area contributed by atoms with E-state index in [0.717, 1.165) is 32.7 Å². The van der Waals surface area contributed by atoms with Crippen LogP contribution in [0.15, 0.2) is 0 Å². The molecule has 1 heterocycles. The standard InChI is InChI=1S/C15H29NO3/c1-15(2,3)19-11-14(17)9-16(13-4-5-13)8-12-6-7-18-10-12/h12-14,17H,4-11H2,1-3H3. The Kier molecular flexibility index (Phi) is 5.23. The van der Waals surface area contributed by atoms with Crippen LogP contribution in [0.5, 0.6) is 0 Å². The van der Waals surface area contributed by atoms with Crippen LogP contribution < -0.4 is 0 Å². The van der Waals surface area contributed by atoms with Crippen LogP contribution in [-0.2, 0) is 9.47 Å². The van der Waals surface area contributed by atoms with Crippen LogP contribution in [0.25, 0.3) is 0 Å². The van der Waals surface area contributed by atoms with E-state index in [4.69, 9.17) is 9.47 Å². The summed E-state index contributed by atoms with van der Waals surface area (Å²) in [6.45, 7) is 10.1. The van der Waals surface area contributed by atoms with Gasteiger partial charge in [0.2, 0.25) is 0 Å². The Balaban J connectivity index is 1.72. The summed E-state index contributed by atoms with van der Waals surface area (Å²) in [7, 11) is 0. The summed E-state index contributed by atoms with van der Waals surface area (Å²) >= 11 is 0. The SMILES string of the molecule is CC(C)(C)OCC(O)CN(CC1CCOC1)C1CC1. The van der Waals surface area contributed by atoms with Crippen molar-refractivity contribution in [3.05, 3.63) is 0 Å². The van der Waals surface area contributed by atoms with Crippen LogP contribution in [-0.4, -0.2) is 60.7 Å². The molecule has 0 radical (unpaired) electrons. The summed E-state index contributed by atoms with van der Waals surface area (Å²) < 4.78 is 11.1. The minimum absolute atomic E-state index is 0.176. The fourth-order valence-corrected chi connectivity index (χ4v) is 2.54. The minimum atomic E-state index is -0.387. The van der Waals surface area contributed by atoms with Gasteiger partial charge in [0.15, 0.2) is 0 Å². The third kappa shape index (κ3) is 5.78. The van der Waals surface area contributed by atoms with Crippen molar-refractivity contribution in [2.75, 3.05) is 32.9 Å². The Labute approximate surface area is 117 Å². The molecule has 0 aromatic carbocycles. The molecule has 2 rings (SSSR count). The van der Waals surface area contributed by atoms with Gasteiger partial charge in [0.25, 0.3) is 0 Å². The summed E-state index contributed by atoms with van der Waals surface area (Å²) in [6, 6.07) is 0.685. The first-order valence-corrected chi connectivity index (χ1v) is 7.58. The molecule has 1 saturated heterocycles. The van der Waals surface area contributed by atoms with Crippen LogP contribution in [0.4, 0.5) is 0 Å². The molecule has 4 heteroatoms. The molecule has 2 atom stereocenters. The minimum Gasteiger partial charge on any atom is -0.389 e. The van der Waals surface area contributed by atoms with E-state index in [2.05, 4.69) is 4.90 Å². The number of aliphatic hydroxyl groups excluding tert-OH is 1. The average molecular weight is 271 g/mol. The van der Waals surface area contributed by atoms with Gasteiger partial charge in [-0.2, -0.15) is 0 Å². The van der Waals surface area contributed by atoms with Crippen molar-refractivity contribution < 1.29 is 14.6 Å². The fraction of sp³-hybridized carbons (Fsp3) is 1.00. The quantitative estimate of drug-likeness (QED) is 0.765. The highest BCUT2D eigenvalue weighted by atomic mass is 16.5. The summed E-state index contributed by atoms with van der Waals surface area (Å²) in [4.78, 5) is 2.44. The van der Waals surface area contributed by atoms with Crippen molar-refractivity contribution in [1.29, 1.82) is 0 Å². The van der Waals surface area contributed by atoms with Crippen molar-refractivity contribution in [2.45, 2.75) is 57.8 Å². The lowest BCUT2D eigenvalue weighted by Crippen LogP contribution is -2.40. The van der Waals surface area contributed by atoms with E-state index >= 15 is 0 Å². The molecular formula is C15H29NO3. The van der Waals surface area contributed by atoms with Gasteiger partial charge in [-0.25, -0.2) is 0 Å². The normalized spacial score (nSPS) is 26.1. The van der Waals surface area contributed by atoms with E-state index in [0.29, 0.717) is 18.6 Å². The smallest absolute Gasteiger partial charge is 0.0900 e.